The Bertz CT molecular complexity index is 921. The van der Waals surface area contributed by atoms with E-state index in [0.29, 0.717) is 34.8 Å². The number of amides is 1. The van der Waals surface area contributed by atoms with Gasteiger partial charge in [0.05, 0.1) is 6.10 Å². The Hall–Kier alpha value is -2.96. The number of nitrogens with zero attached hydrogens (tertiary/aromatic N) is 2. The first-order chi connectivity index (χ1) is 13.2. The number of rotatable bonds is 5. The van der Waals surface area contributed by atoms with Crippen molar-refractivity contribution in [2.45, 2.75) is 31.8 Å². The van der Waals surface area contributed by atoms with Crippen molar-refractivity contribution in [3.63, 3.8) is 0 Å². The van der Waals surface area contributed by atoms with Crippen LogP contribution in [0.15, 0.2) is 47.3 Å². The van der Waals surface area contributed by atoms with E-state index in [1.165, 1.54) is 12.3 Å². The Morgan fingerprint density at radius 3 is 2.85 bits per heavy atom. The van der Waals surface area contributed by atoms with Gasteiger partial charge in [-0.3, -0.25) is 9.78 Å². The minimum absolute atomic E-state index is 0.0846. The Balaban J connectivity index is 1.31. The van der Waals surface area contributed by atoms with E-state index >= 15 is 0 Å². The van der Waals surface area contributed by atoms with Crippen molar-refractivity contribution in [3.05, 3.63) is 54.3 Å². The van der Waals surface area contributed by atoms with E-state index in [1.807, 2.05) is 6.07 Å². The number of hydrogen-bond acceptors (Lipinski definition) is 5. The van der Waals surface area contributed by atoms with Crippen LogP contribution in [0.5, 0.6) is 5.75 Å². The number of para-hydroxylation sites is 1. The minimum atomic E-state index is -0.343. The number of hydrogen-bond donors (Lipinski definition) is 1. The molecule has 0 atom stereocenters. The van der Waals surface area contributed by atoms with Crippen molar-refractivity contribution in [2.24, 2.45) is 5.92 Å². The summed E-state index contributed by atoms with van der Waals surface area (Å²) >= 11 is 0. The van der Waals surface area contributed by atoms with Gasteiger partial charge in [-0.2, -0.15) is 0 Å². The van der Waals surface area contributed by atoms with E-state index < -0.39 is 0 Å². The molecule has 0 aliphatic heterocycles. The molecule has 0 saturated heterocycles. The summed E-state index contributed by atoms with van der Waals surface area (Å²) in [5.74, 6) is 0.520. The smallest absolute Gasteiger partial charge is 0.273 e. The first-order valence-electron chi connectivity index (χ1n) is 9.09. The maximum Gasteiger partial charge on any atom is 0.273 e. The van der Waals surface area contributed by atoms with Crippen molar-refractivity contribution in [2.75, 3.05) is 6.54 Å². The van der Waals surface area contributed by atoms with E-state index in [9.17, 15) is 9.18 Å². The van der Waals surface area contributed by atoms with Crippen LogP contribution in [0.4, 0.5) is 4.39 Å². The number of fused-ring (bicyclic) bond motifs is 1. The highest BCUT2D eigenvalue weighted by Crippen LogP contribution is 2.31. The molecule has 1 amide bonds. The maximum atomic E-state index is 13.9. The number of benzene rings is 1. The number of aromatic nitrogens is 2. The lowest BCUT2D eigenvalue weighted by molar-refractivity contribution is 0.0920. The molecule has 2 aromatic heterocycles. The summed E-state index contributed by atoms with van der Waals surface area (Å²) in [5.41, 5.74) is 0.628. The minimum Gasteiger partial charge on any atom is -0.490 e. The molecule has 140 valence electrons. The molecule has 7 heteroatoms. The average Bonchev–Trinajstić information content (AvgIpc) is 3.23. The molecule has 3 aromatic rings. The third-order valence-electron chi connectivity index (χ3n) is 4.99. The number of ether oxygens (including phenoxy) is 1. The molecule has 1 aliphatic rings. The van der Waals surface area contributed by atoms with Crippen molar-refractivity contribution >= 4 is 16.8 Å². The van der Waals surface area contributed by atoms with Crippen LogP contribution in [-0.4, -0.2) is 28.7 Å². The number of carbonyl (C=O) groups is 1. The lowest BCUT2D eigenvalue weighted by Crippen LogP contribution is -2.33. The molecular formula is C20H20FN3O3. The summed E-state index contributed by atoms with van der Waals surface area (Å²) in [6, 6.07) is 8.22. The summed E-state index contributed by atoms with van der Waals surface area (Å²) in [5, 5.41) is 7.22. The second-order valence-corrected chi connectivity index (χ2v) is 6.80. The number of pyridine rings is 1. The summed E-state index contributed by atoms with van der Waals surface area (Å²) < 4.78 is 24.7. The maximum absolute atomic E-state index is 13.9. The Kier molecular flexibility index (Phi) is 5.00. The SMILES string of the molecule is O=C(NC[C@H]1CC[C@H](Oc2ccnc3c(F)cccc23)CC1)c1ccon1. The number of halogens is 1. The summed E-state index contributed by atoms with van der Waals surface area (Å²) in [7, 11) is 0. The van der Waals surface area contributed by atoms with Crippen molar-refractivity contribution in [3.8, 4) is 5.75 Å². The molecule has 0 unspecified atom stereocenters. The van der Waals surface area contributed by atoms with Crippen LogP contribution in [-0.2, 0) is 0 Å². The van der Waals surface area contributed by atoms with Crippen LogP contribution < -0.4 is 10.1 Å². The standard InChI is InChI=1S/C20H20FN3O3/c21-16-3-1-2-15-18(8-10-22-19(15)16)27-14-6-4-13(5-7-14)12-23-20(25)17-9-11-26-24-17/h1-3,8-11,13-14H,4-7,12H2,(H,23,25)/t13-,14-. The topological polar surface area (TPSA) is 77.2 Å². The Labute approximate surface area is 155 Å². The van der Waals surface area contributed by atoms with Gasteiger partial charge >= 0.3 is 0 Å². The van der Waals surface area contributed by atoms with Gasteiger partial charge in [-0.25, -0.2) is 4.39 Å². The van der Waals surface area contributed by atoms with Gasteiger partial charge in [0.2, 0.25) is 0 Å². The average molecular weight is 369 g/mol. The van der Waals surface area contributed by atoms with Gasteiger partial charge < -0.3 is 14.6 Å². The largest absolute Gasteiger partial charge is 0.490 e. The Morgan fingerprint density at radius 2 is 2.07 bits per heavy atom. The van der Waals surface area contributed by atoms with Crippen molar-refractivity contribution in [1.29, 1.82) is 0 Å². The second kappa shape index (κ2) is 7.73. The van der Waals surface area contributed by atoms with Crippen LogP contribution in [0.3, 0.4) is 0 Å². The molecule has 0 radical (unpaired) electrons. The summed E-state index contributed by atoms with van der Waals surface area (Å²) in [4.78, 5) is 16.0. The van der Waals surface area contributed by atoms with E-state index in [4.69, 9.17) is 4.74 Å². The third-order valence-corrected chi connectivity index (χ3v) is 4.99. The number of nitrogens with one attached hydrogen (secondary N) is 1. The fourth-order valence-corrected chi connectivity index (χ4v) is 3.51. The van der Waals surface area contributed by atoms with Gasteiger partial charge in [0.15, 0.2) is 5.69 Å². The molecule has 0 spiro atoms. The van der Waals surface area contributed by atoms with Gasteiger partial charge in [-0.1, -0.05) is 11.2 Å². The van der Waals surface area contributed by atoms with Crippen LogP contribution in [0.2, 0.25) is 0 Å². The summed E-state index contributed by atoms with van der Waals surface area (Å²) in [6.45, 7) is 0.613. The number of carbonyl (C=O) groups excluding carboxylic acids is 1. The lowest BCUT2D eigenvalue weighted by Gasteiger charge is -2.29. The van der Waals surface area contributed by atoms with Crippen molar-refractivity contribution in [1.82, 2.24) is 15.5 Å². The predicted molar refractivity (Wildman–Crippen MR) is 96.9 cm³/mol. The normalized spacial score (nSPS) is 19.7. The van der Waals surface area contributed by atoms with Crippen molar-refractivity contribution < 1.29 is 18.4 Å². The highest BCUT2D eigenvalue weighted by atomic mass is 19.1. The molecule has 0 bridgehead atoms. The zero-order chi connectivity index (χ0) is 18.6. The third kappa shape index (κ3) is 3.92. The molecule has 1 fully saturated rings. The molecular weight excluding hydrogens is 349 g/mol. The van der Waals surface area contributed by atoms with E-state index in [0.717, 1.165) is 25.7 Å². The van der Waals surface area contributed by atoms with Gasteiger partial charge in [0.1, 0.15) is 23.3 Å². The zero-order valence-corrected chi connectivity index (χ0v) is 14.7. The van der Waals surface area contributed by atoms with Crippen LogP contribution in [0.25, 0.3) is 10.9 Å². The van der Waals surface area contributed by atoms with Gasteiger partial charge in [-0.15, -0.1) is 0 Å². The highest BCUT2D eigenvalue weighted by molar-refractivity contribution is 5.91. The zero-order valence-electron chi connectivity index (χ0n) is 14.7. The Morgan fingerprint density at radius 1 is 1.22 bits per heavy atom. The molecule has 2 heterocycles. The fraction of sp³-hybridized carbons (Fsp3) is 0.350. The van der Waals surface area contributed by atoms with E-state index in [-0.39, 0.29) is 17.8 Å². The first kappa shape index (κ1) is 17.5. The molecule has 1 aromatic carbocycles. The second-order valence-electron chi connectivity index (χ2n) is 6.80. The van der Waals surface area contributed by atoms with E-state index in [2.05, 4.69) is 20.0 Å². The molecule has 27 heavy (non-hydrogen) atoms. The quantitative estimate of drug-likeness (QED) is 0.741. The fourth-order valence-electron chi connectivity index (χ4n) is 3.51. The van der Waals surface area contributed by atoms with Gasteiger partial charge in [0.25, 0.3) is 5.91 Å². The predicted octanol–water partition coefficient (Wildman–Crippen LogP) is 3.73. The highest BCUT2D eigenvalue weighted by Gasteiger charge is 2.24. The van der Waals surface area contributed by atoms with Crippen LogP contribution >= 0.6 is 0 Å². The lowest BCUT2D eigenvalue weighted by atomic mass is 9.87. The van der Waals surface area contributed by atoms with Crippen LogP contribution in [0.1, 0.15) is 36.2 Å². The van der Waals surface area contributed by atoms with Gasteiger partial charge in [0, 0.05) is 24.2 Å². The first-order valence-corrected chi connectivity index (χ1v) is 9.09. The molecule has 1 aliphatic carbocycles. The van der Waals surface area contributed by atoms with Crippen LogP contribution in [0, 0.1) is 11.7 Å². The molecule has 1 N–H and O–H groups in total. The van der Waals surface area contributed by atoms with E-state index in [1.54, 1.807) is 24.4 Å². The molecule has 1 saturated carbocycles. The molecule has 6 nitrogen and oxygen atoms in total. The van der Waals surface area contributed by atoms with Gasteiger partial charge in [-0.05, 0) is 49.8 Å². The monoisotopic (exact) mass is 369 g/mol. The molecule has 4 rings (SSSR count). The summed E-state index contributed by atoms with van der Waals surface area (Å²) in [6.07, 6.45) is 6.74.